The van der Waals surface area contributed by atoms with Crippen LogP contribution in [0.4, 0.5) is 5.82 Å². The second-order valence-corrected chi connectivity index (χ2v) is 7.26. The zero-order chi connectivity index (χ0) is 16.9. The standard InChI is InChI=1S/C17H28N6O/c1-12(2)8-14-9-15(22-21-14)17(24)20-13-4-3-7-23(11-13)16-10-18-5-6-19-16/h5-6,10,12-15,21-22H,3-4,7-9,11H2,1-2H3,(H,20,24). The normalized spacial score (nSPS) is 27.5. The van der Waals surface area contributed by atoms with Crippen LogP contribution >= 0.6 is 0 Å². The third-order valence-corrected chi connectivity index (χ3v) is 4.70. The van der Waals surface area contributed by atoms with Crippen molar-refractivity contribution >= 4 is 11.7 Å². The van der Waals surface area contributed by atoms with Gasteiger partial charge in [0.15, 0.2) is 0 Å². The summed E-state index contributed by atoms with van der Waals surface area (Å²) in [5.74, 6) is 1.61. The zero-order valence-electron chi connectivity index (χ0n) is 14.5. The zero-order valence-corrected chi connectivity index (χ0v) is 14.5. The molecule has 0 aromatic carbocycles. The summed E-state index contributed by atoms with van der Waals surface area (Å²) in [6.07, 6.45) is 9.17. The van der Waals surface area contributed by atoms with Crippen molar-refractivity contribution in [3.8, 4) is 0 Å². The second kappa shape index (κ2) is 7.90. The van der Waals surface area contributed by atoms with E-state index >= 15 is 0 Å². The molecule has 3 heterocycles. The van der Waals surface area contributed by atoms with E-state index in [0.717, 1.165) is 44.6 Å². The first-order chi connectivity index (χ1) is 11.6. The highest BCUT2D eigenvalue weighted by Gasteiger charge is 2.31. The molecule has 2 saturated heterocycles. The number of hydrogen-bond acceptors (Lipinski definition) is 6. The molecule has 3 unspecified atom stereocenters. The van der Waals surface area contributed by atoms with E-state index < -0.39 is 0 Å². The Morgan fingerprint density at radius 1 is 1.42 bits per heavy atom. The largest absolute Gasteiger partial charge is 0.353 e. The minimum Gasteiger partial charge on any atom is -0.353 e. The molecule has 0 saturated carbocycles. The number of amides is 1. The number of hydrazine groups is 1. The lowest BCUT2D eigenvalue weighted by Gasteiger charge is -2.34. The Kier molecular flexibility index (Phi) is 5.63. The van der Waals surface area contributed by atoms with Crippen molar-refractivity contribution in [3.05, 3.63) is 18.6 Å². The number of aromatic nitrogens is 2. The predicted octanol–water partition coefficient (Wildman–Crippen LogP) is 0.843. The number of hydrogen-bond donors (Lipinski definition) is 3. The summed E-state index contributed by atoms with van der Waals surface area (Å²) in [5.41, 5.74) is 6.40. The van der Waals surface area contributed by atoms with Crippen molar-refractivity contribution in [2.75, 3.05) is 18.0 Å². The quantitative estimate of drug-likeness (QED) is 0.741. The molecule has 0 spiro atoms. The van der Waals surface area contributed by atoms with E-state index in [0.29, 0.717) is 12.0 Å². The Morgan fingerprint density at radius 2 is 2.29 bits per heavy atom. The molecule has 1 aromatic heterocycles. The first-order valence-electron chi connectivity index (χ1n) is 8.94. The van der Waals surface area contributed by atoms with Gasteiger partial charge >= 0.3 is 0 Å². The minimum absolute atomic E-state index is 0.0970. The Bertz CT molecular complexity index is 537. The molecule has 3 rings (SSSR count). The maximum atomic E-state index is 12.5. The van der Waals surface area contributed by atoms with E-state index in [2.05, 4.69) is 44.9 Å². The molecule has 2 fully saturated rings. The number of nitrogens with zero attached hydrogens (tertiary/aromatic N) is 3. The van der Waals surface area contributed by atoms with Gasteiger partial charge in [-0.3, -0.25) is 15.2 Å². The van der Waals surface area contributed by atoms with Gasteiger partial charge in [-0.1, -0.05) is 13.8 Å². The predicted molar refractivity (Wildman–Crippen MR) is 93.3 cm³/mol. The summed E-state index contributed by atoms with van der Waals surface area (Å²) in [4.78, 5) is 23.2. The van der Waals surface area contributed by atoms with Gasteiger partial charge < -0.3 is 10.2 Å². The van der Waals surface area contributed by atoms with Crippen LogP contribution in [0.15, 0.2) is 18.6 Å². The molecular weight excluding hydrogens is 304 g/mol. The van der Waals surface area contributed by atoms with Crippen LogP contribution in [0.5, 0.6) is 0 Å². The monoisotopic (exact) mass is 332 g/mol. The first kappa shape index (κ1) is 17.1. The van der Waals surface area contributed by atoms with Crippen LogP contribution < -0.4 is 21.1 Å². The van der Waals surface area contributed by atoms with Gasteiger partial charge in [0.2, 0.25) is 5.91 Å². The van der Waals surface area contributed by atoms with Gasteiger partial charge in [-0.05, 0) is 31.6 Å². The van der Waals surface area contributed by atoms with Gasteiger partial charge in [-0.15, -0.1) is 0 Å². The lowest BCUT2D eigenvalue weighted by molar-refractivity contribution is -0.123. The molecule has 2 aliphatic heterocycles. The summed E-state index contributed by atoms with van der Waals surface area (Å²) in [6, 6.07) is 0.406. The summed E-state index contributed by atoms with van der Waals surface area (Å²) in [6.45, 7) is 6.17. The van der Waals surface area contributed by atoms with Crippen LogP contribution in [0, 0.1) is 5.92 Å². The number of nitrogens with one attached hydrogen (secondary N) is 3. The molecule has 24 heavy (non-hydrogen) atoms. The smallest absolute Gasteiger partial charge is 0.238 e. The highest BCUT2D eigenvalue weighted by Crippen LogP contribution is 2.18. The van der Waals surface area contributed by atoms with E-state index in [1.807, 2.05) is 0 Å². The lowest BCUT2D eigenvalue weighted by atomic mass is 9.99. The van der Waals surface area contributed by atoms with Crippen molar-refractivity contribution in [2.24, 2.45) is 5.92 Å². The number of anilines is 1. The molecule has 1 aromatic rings. The van der Waals surface area contributed by atoms with Gasteiger partial charge in [0.1, 0.15) is 11.9 Å². The summed E-state index contributed by atoms with van der Waals surface area (Å²) >= 11 is 0. The third-order valence-electron chi connectivity index (χ3n) is 4.70. The van der Waals surface area contributed by atoms with E-state index in [-0.39, 0.29) is 18.0 Å². The van der Waals surface area contributed by atoms with E-state index in [1.54, 1.807) is 18.6 Å². The lowest BCUT2D eigenvalue weighted by Crippen LogP contribution is -2.52. The average Bonchev–Trinajstić information content (AvgIpc) is 3.04. The van der Waals surface area contributed by atoms with Crippen LogP contribution in [0.2, 0.25) is 0 Å². The highest BCUT2D eigenvalue weighted by atomic mass is 16.2. The fourth-order valence-corrected chi connectivity index (χ4v) is 3.58. The Hall–Kier alpha value is -1.73. The van der Waals surface area contributed by atoms with Gasteiger partial charge in [-0.2, -0.15) is 0 Å². The molecular formula is C17H28N6O. The first-order valence-corrected chi connectivity index (χ1v) is 8.94. The van der Waals surface area contributed by atoms with Crippen molar-refractivity contribution in [1.82, 2.24) is 26.1 Å². The molecule has 0 bridgehead atoms. The van der Waals surface area contributed by atoms with Crippen molar-refractivity contribution in [2.45, 2.75) is 57.7 Å². The number of carbonyl (C=O) groups is 1. The molecule has 132 valence electrons. The fourth-order valence-electron chi connectivity index (χ4n) is 3.58. The van der Waals surface area contributed by atoms with Crippen molar-refractivity contribution < 1.29 is 4.79 Å². The second-order valence-electron chi connectivity index (χ2n) is 7.26. The van der Waals surface area contributed by atoms with Crippen LogP contribution in [-0.2, 0) is 4.79 Å². The van der Waals surface area contributed by atoms with Crippen molar-refractivity contribution in [1.29, 1.82) is 0 Å². The van der Waals surface area contributed by atoms with Crippen molar-refractivity contribution in [3.63, 3.8) is 0 Å². The number of piperidine rings is 1. The van der Waals surface area contributed by atoms with Gasteiger partial charge in [0.25, 0.3) is 0 Å². The van der Waals surface area contributed by atoms with E-state index in [4.69, 9.17) is 0 Å². The van der Waals surface area contributed by atoms with Crippen LogP contribution in [0.3, 0.4) is 0 Å². The molecule has 1 amide bonds. The molecule has 7 heteroatoms. The topological polar surface area (TPSA) is 82.2 Å². The maximum absolute atomic E-state index is 12.5. The van der Waals surface area contributed by atoms with Gasteiger partial charge in [0.05, 0.1) is 6.20 Å². The molecule has 3 N–H and O–H groups in total. The van der Waals surface area contributed by atoms with Gasteiger partial charge in [-0.25, -0.2) is 10.4 Å². The minimum atomic E-state index is -0.138. The van der Waals surface area contributed by atoms with E-state index in [1.165, 1.54) is 0 Å². The van der Waals surface area contributed by atoms with Crippen LogP contribution in [-0.4, -0.2) is 47.1 Å². The fraction of sp³-hybridized carbons (Fsp3) is 0.706. The Labute approximate surface area is 143 Å². The molecule has 7 nitrogen and oxygen atoms in total. The number of rotatable bonds is 5. The highest BCUT2D eigenvalue weighted by molar-refractivity contribution is 5.82. The third kappa shape index (κ3) is 4.42. The van der Waals surface area contributed by atoms with Crippen LogP contribution in [0.25, 0.3) is 0 Å². The maximum Gasteiger partial charge on any atom is 0.238 e. The SMILES string of the molecule is CC(C)CC1CC(C(=O)NC2CCCN(c3cnccn3)C2)NN1. The Morgan fingerprint density at radius 3 is 3.04 bits per heavy atom. The Balaban J connectivity index is 1.50. The molecule has 3 atom stereocenters. The van der Waals surface area contributed by atoms with E-state index in [9.17, 15) is 4.79 Å². The van der Waals surface area contributed by atoms with Gasteiger partial charge in [0, 0.05) is 37.6 Å². The molecule has 0 aliphatic carbocycles. The summed E-state index contributed by atoms with van der Waals surface area (Å²) in [7, 11) is 0. The molecule has 0 radical (unpaired) electrons. The summed E-state index contributed by atoms with van der Waals surface area (Å²) in [5, 5.41) is 3.20. The van der Waals surface area contributed by atoms with Crippen LogP contribution in [0.1, 0.15) is 39.5 Å². The number of carbonyl (C=O) groups excluding carboxylic acids is 1. The average molecular weight is 332 g/mol. The molecule has 2 aliphatic rings. The summed E-state index contributed by atoms with van der Waals surface area (Å²) < 4.78 is 0.